The van der Waals surface area contributed by atoms with Gasteiger partial charge in [0.15, 0.2) is 0 Å². The van der Waals surface area contributed by atoms with Gasteiger partial charge < -0.3 is 15.0 Å². The van der Waals surface area contributed by atoms with Crippen LogP contribution in [0.1, 0.15) is 31.4 Å². The highest BCUT2D eigenvalue weighted by Gasteiger charge is 2.36. The Hall–Kier alpha value is -3.25. The van der Waals surface area contributed by atoms with Gasteiger partial charge in [0, 0.05) is 25.8 Å². The van der Waals surface area contributed by atoms with Crippen molar-refractivity contribution in [3.05, 3.63) is 44.7 Å². The second kappa shape index (κ2) is 10.4. The first-order valence-electron chi connectivity index (χ1n) is 11.5. The van der Waals surface area contributed by atoms with Crippen molar-refractivity contribution >= 4 is 63.6 Å². The van der Waals surface area contributed by atoms with Crippen LogP contribution in [0.3, 0.4) is 0 Å². The molecule has 36 heavy (non-hydrogen) atoms. The fourth-order valence-corrected chi connectivity index (χ4v) is 5.42. The van der Waals surface area contributed by atoms with Crippen LogP contribution in [-0.2, 0) is 19.1 Å². The van der Waals surface area contributed by atoms with Crippen molar-refractivity contribution in [2.24, 2.45) is 5.92 Å². The molecule has 0 radical (unpaired) electrons. The Morgan fingerprint density at radius 2 is 2.08 bits per heavy atom. The number of nitrogens with zero attached hydrogens (tertiary/aromatic N) is 4. The number of amides is 2. The third-order valence-electron chi connectivity index (χ3n) is 5.87. The number of anilines is 1. The molecular formula is C24H27N5O5S2. The topological polar surface area (TPSA) is 113 Å². The molecule has 2 aromatic heterocycles. The fraction of sp³-hybridized carbons (Fsp3) is 0.417. The standard InChI is InChI=1S/C24H27N5O5S2/c1-13(2)11-29-23(33)17(36-24(29)35)9-15-20(26-18-6-5-14(3)12-28(18)22(15)32)27-8-7-25-21(31)16(27)10-19(30)34-4/h5-6,9,12-13,16H,7-8,10-11H2,1-4H3,(H,25,31)/b17-9-/t16-/m1/s1. The number of piperazine rings is 1. The van der Waals surface area contributed by atoms with Gasteiger partial charge in [-0.05, 0) is 30.5 Å². The Labute approximate surface area is 217 Å². The van der Waals surface area contributed by atoms with Crippen LogP contribution in [0.4, 0.5) is 5.82 Å². The van der Waals surface area contributed by atoms with Gasteiger partial charge in [0.2, 0.25) is 5.91 Å². The van der Waals surface area contributed by atoms with Gasteiger partial charge in [0.25, 0.3) is 11.5 Å². The van der Waals surface area contributed by atoms with Gasteiger partial charge in [-0.15, -0.1) is 0 Å². The van der Waals surface area contributed by atoms with E-state index in [2.05, 4.69) is 5.32 Å². The van der Waals surface area contributed by atoms with E-state index in [0.29, 0.717) is 34.5 Å². The lowest BCUT2D eigenvalue weighted by Crippen LogP contribution is -2.57. The third kappa shape index (κ3) is 5.00. The Kier molecular flexibility index (Phi) is 7.46. The summed E-state index contributed by atoms with van der Waals surface area (Å²) in [6.07, 6.45) is 2.96. The average Bonchev–Trinajstić information content (AvgIpc) is 3.09. The SMILES string of the molecule is COC(=O)C[C@@H]1C(=O)NCCN1c1nc2ccc(C)cn2c(=O)c1/C=C1\SC(=S)N(CC(C)C)C1=O. The summed E-state index contributed by atoms with van der Waals surface area (Å²) in [5.74, 6) is -0.773. The molecule has 2 amide bonds. The van der Waals surface area contributed by atoms with Crippen LogP contribution in [0.15, 0.2) is 28.0 Å². The largest absolute Gasteiger partial charge is 0.469 e. The van der Waals surface area contributed by atoms with Gasteiger partial charge in [-0.2, -0.15) is 0 Å². The van der Waals surface area contributed by atoms with Crippen molar-refractivity contribution in [2.75, 3.05) is 31.6 Å². The molecule has 0 bridgehead atoms. The van der Waals surface area contributed by atoms with Gasteiger partial charge >= 0.3 is 5.97 Å². The lowest BCUT2D eigenvalue weighted by atomic mass is 10.1. The van der Waals surface area contributed by atoms with Crippen LogP contribution in [-0.4, -0.2) is 69.2 Å². The average molecular weight is 530 g/mol. The summed E-state index contributed by atoms with van der Waals surface area (Å²) in [6, 6.07) is 2.62. The number of esters is 1. The number of carbonyl (C=O) groups excluding carboxylic acids is 3. The molecule has 10 nitrogen and oxygen atoms in total. The summed E-state index contributed by atoms with van der Waals surface area (Å²) < 4.78 is 6.63. The van der Waals surface area contributed by atoms with E-state index >= 15 is 0 Å². The number of rotatable bonds is 6. The van der Waals surface area contributed by atoms with Crippen molar-refractivity contribution in [3.8, 4) is 0 Å². The lowest BCUT2D eigenvalue weighted by molar-refractivity contribution is -0.143. The van der Waals surface area contributed by atoms with Gasteiger partial charge in [0.05, 0.1) is 24.0 Å². The summed E-state index contributed by atoms with van der Waals surface area (Å²) in [5.41, 5.74) is 0.991. The number of aromatic nitrogens is 2. The van der Waals surface area contributed by atoms with Crippen LogP contribution >= 0.6 is 24.0 Å². The Morgan fingerprint density at radius 3 is 2.78 bits per heavy atom. The van der Waals surface area contributed by atoms with E-state index in [1.54, 1.807) is 17.2 Å². The van der Waals surface area contributed by atoms with E-state index in [1.807, 2.05) is 26.8 Å². The monoisotopic (exact) mass is 529 g/mol. The first-order valence-corrected chi connectivity index (χ1v) is 12.7. The first-order chi connectivity index (χ1) is 17.1. The van der Waals surface area contributed by atoms with E-state index in [1.165, 1.54) is 22.5 Å². The number of methoxy groups -OCH3 is 1. The number of nitrogens with one attached hydrogen (secondary N) is 1. The van der Waals surface area contributed by atoms with Crippen molar-refractivity contribution in [2.45, 2.75) is 33.2 Å². The second-order valence-corrected chi connectivity index (χ2v) is 10.7. The molecule has 1 atom stereocenters. The maximum atomic E-state index is 13.7. The molecule has 0 aromatic carbocycles. The molecule has 2 aliphatic rings. The highest BCUT2D eigenvalue weighted by molar-refractivity contribution is 8.26. The van der Waals surface area contributed by atoms with Crippen molar-refractivity contribution < 1.29 is 19.1 Å². The van der Waals surface area contributed by atoms with Gasteiger partial charge in [-0.1, -0.05) is 43.9 Å². The number of hydrogen-bond donors (Lipinski definition) is 1. The lowest BCUT2D eigenvalue weighted by Gasteiger charge is -2.36. The van der Waals surface area contributed by atoms with Crippen molar-refractivity contribution in [3.63, 3.8) is 0 Å². The zero-order valence-electron chi connectivity index (χ0n) is 20.4. The molecule has 4 rings (SSSR count). The van der Waals surface area contributed by atoms with E-state index in [9.17, 15) is 19.2 Å². The number of fused-ring (bicyclic) bond motifs is 1. The fourth-order valence-electron chi connectivity index (χ4n) is 4.16. The van der Waals surface area contributed by atoms with Crippen molar-refractivity contribution in [1.82, 2.24) is 19.6 Å². The Bertz CT molecular complexity index is 1350. The normalized spacial score (nSPS) is 19.5. The van der Waals surface area contributed by atoms with E-state index in [-0.39, 0.29) is 35.5 Å². The molecule has 12 heteroatoms. The molecule has 2 fully saturated rings. The van der Waals surface area contributed by atoms with Gasteiger partial charge in [-0.25, -0.2) is 4.98 Å². The highest BCUT2D eigenvalue weighted by atomic mass is 32.2. The minimum absolute atomic E-state index is 0.146. The third-order valence-corrected chi connectivity index (χ3v) is 7.25. The minimum atomic E-state index is -0.923. The first kappa shape index (κ1) is 25.8. The van der Waals surface area contributed by atoms with Crippen LogP contribution < -0.4 is 15.8 Å². The molecule has 2 saturated heterocycles. The van der Waals surface area contributed by atoms with Crippen LogP contribution in [0.2, 0.25) is 0 Å². The Balaban J connectivity index is 1.89. The predicted octanol–water partition coefficient (Wildman–Crippen LogP) is 1.73. The summed E-state index contributed by atoms with van der Waals surface area (Å²) >= 11 is 6.55. The molecule has 2 aliphatic heterocycles. The molecule has 1 N–H and O–H groups in total. The summed E-state index contributed by atoms with van der Waals surface area (Å²) in [5, 5.41) is 2.75. The van der Waals surface area contributed by atoms with Gasteiger partial charge in [0.1, 0.15) is 21.8 Å². The zero-order valence-corrected chi connectivity index (χ0v) is 22.1. The second-order valence-electron chi connectivity index (χ2n) is 9.06. The van der Waals surface area contributed by atoms with Crippen LogP contribution in [0.25, 0.3) is 11.7 Å². The highest BCUT2D eigenvalue weighted by Crippen LogP contribution is 2.34. The number of ether oxygens (including phenoxy) is 1. The number of thiocarbonyl (C=S) groups is 1. The zero-order chi connectivity index (χ0) is 26.1. The number of pyridine rings is 1. The minimum Gasteiger partial charge on any atom is -0.469 e. The molecule has 0 saturated carbocycles. The number of aryl methyl sites for hydroxylation is 1. The number of hydrogen-bond acceptors (Lipinski definition) is 9. The summed E-state index contributed by atoms with van der Waals surface area (Å²) in [7, 11) is 1.25. The van der Waals surface area contributed by atoms with E-state index in [4.69, 9.17) is 21.9 Å². The molecule has 190 valence electrons. The van der Waals surface area contributed by atoms with Gasteiger partial charge in [-0.3, -0.25) is 28.5 Å². The number of carbonyl (C=O) groups is 3. The quantitative estimate of drug-likeness (QED) is 0.340. The summed E-state index contributed by atoms with van der Waals surface area (Å²) in [6.45, 7) is 6.93. The smallest absolute Gasteiger partial charge is 0.308 e. The number of thioether (sulfide) groups is 1. The Morgan fingerprint density at radius 1 is 1.33 bits per heavy atom. The molecule has 2 aromatic rings. The van der Waals surface area contributed by atoms with E-state index in [0.717, 1.165) is 17.3 Å². The maximum Gasteiger partial charge on any atom is 0.308 e. The maximum absolute atomic E-state index is 13.7. The van der Waals surface area contributed by atoms with Crippen molar-refractivity contribution in [1.29, 1.82) is 0 Å². The summed E-state index contributed by atoms with van der Waals surface area (Å²) in [4.78, 5) is 59.9. The van der Waals surface area contributed by atoms with Crippen LogP contribution in [0.5, 0.6) is 0 Å². The predicted molar refractivity (Wildman–Crippen MR) is 142 cm³/mol. The molecule has 0 aliphatic carbocycles. The molecule has 4 heterocycles. The van der Waals surface area contributed by atoms with Crippen LogP contribution in [0, 0.1) is 12.8 Å². The van der Waals surface area contributed by atoms with E-state index < -0.39 is 17.6 Å². The molecule has 0 spiro atoms. The molecular weight excluding hydrogens is 502 g/mol. The molecule has 0 unspecified atom stereocenters.